The Morgan fingerprint density at radius 2 is 2.18 bits per heavy atom. The van der Waals surface area contributed by atoms with E-state index in [1.54, 1.807) is 7.11 Å². The Morgan fingerprint density at radius 1 is 1.55 bits per heavy atom. The quantitative estimate of drug-likeness (QED) is 0.591. The standard InChI is InChI=1S/C8H19NO2/c1-3-4-7(5-9)8(10)6-11-2/h7-8,10H,3-6,9H2,1-2H3. The van der Waals surface area contributed by atoms with Crippen molar-refractivity contribution in [3.8, 4) is 0 Å². The van der Waals surface area contributed by atoms with Crippen molar-refractivity contribution < 1.29 is 9.84 Å². The molecular weight excluding hydrogens is 142 g/mol. The van der Waals surface area contributed by atoms with Crippen LogP contribution in [0.25, 0.3) is 0 Å². The van der Waals surface area contributed by atoms with E-state index in [1.165, 1.54) is 0 Å². The first-order valence-corrected chi connectivity index (χ1v) is 4.13. The first kappa shape index (κ1) is 10.9. The van der Waals surface area contributed by atoms with Crippen LogP contribution in [0, 0.1) is 5.92 Å². The van der Waals surface area contributed by atoms with Gasteiger partial charge < -0.3 is 15.6 Å². The first-order chi connectivity index (χ1) is 5.26. The van der Waals surface area contributed by atoms with Crippen molar-refractivity contribution in [2.45, 2.75) is 25.9 Å². The van der Waals surface area contributed by atoms with Crippen molar-refractivity contribution in [1.29, 1.82) is 0 Å². The van der Waals surface area contributed by atoms with E-state index in [1.807, 2.05) is 0 Å². The van der Waals surface area contributed by atoms with Gasteiger partial charge in [0.25, 0.3) is 0 Å². The summed E-state index contributed by atoms with van der Waals surface area (Å²) in [6, 6.07) is 0. The fraction of sp³-hybridized carbons (Fsp3) is 1.00. The number of nitrogens with two attached hydrogens (primary N) is 1. The maximum atomic E-state index is 9.44. The zero-order valence-electron chi connectivity index (χ0n) is 7.42. The number of aliphatic hydroxyl groups is 1. The average Bonchev–Trinajstić information content (AvgIpc) is 2.00. The maximum Gasteiger partial charge on any atom is 0.0813 e. The second kappa shape index (κ2) is 6.58. The van der Waals surface area contributed by atoms with Crippen molar-refractivity contribution in [1.82, 2.24) is 0 Å². The molecule has 0 heterocycles. The van der Waals surface area contributed by atoms with E-state index in [0.717, 1.165) is 12.8 Å². The van der Waals surface area contributed by atoms with E-state index in [0.29, 0.717) is 13.2 Å². The van der Waals surface area contributed by atoms with E-state index in [4.69, 9.17) is 10.5 Å². The summed E-state index contributed by atoms with van der Waals surface area (Å²) < 4.78 is 4.83. The Kier molecular flexibility index (Phi) is 6.51. The molecule has 0 saturated heterocycles. The van der Waals surface area contributed by atoms with Gasteiger partial charge in [-0.2, -0.15) is 0 Å². The monoisotopic (exact) mass is 161 g/mol. The second-order valence-corrected chi connectivity index (χ2v) is 2.81. The van der Waals surface area contributed by atoms with Gasteiger partial charge in [0.05, 0.1) is 12.7 Å². The summed E-state index contributed by atoms with van der Waals surface area (Å²) in [5.74, 6) is 0.194. The van der Waals surface area contributed by atoms with Crippen LogP contribution in [-0.4, -0.2) is 31.5 Å². The van der Waals surface area contributed by atoms with E-state index >= 15 is 0 Å². The number of methoxy groups -OCH3 is 1. The van der Waals surface area contributed by atoms with Crippen LogP contribution in [0.1, 0.15) is 19.8 Å². The summed E-state index contributed by atoms with van der Waals surface area (Å²) in [6.45, 7) is 3.02. The number of aliphatic hydroxyl groups excluding tert-OH is 1. The van der Waals surface area contributed by atoms with Gasteiger partial charge in [-0.15, -0.1) is 0 Å². The summed E-state index contributed by atoms with van der Waals surface area (Å²) in [4.78, 5) is 0. The third kappa shape index (κ3) is 4.35. The summed E-state index contributed by atoms with van der Waals surface area (Å²) in [5.41, 5.74) is 5.47. The van der Waals surface area contributed by atoms with E-state index in [9.17, 15) is 5.11 Å². The van der Waals surface area contributed by atoms with Crippen LogP contribution < -0.4 is 5.73 Å². The summed E-state index contributed by atoms with van der Waals surface area (Å²) >= 11 is 0. The third-order valence-electron chi connectivity index (χ3n) is 1.84. The highest BCUT2D eigenvalue weighted by Crippen LogP contribution is 2.09. The topological polar surface area (TPSA) is 55.5 Å². The molecule has 0 aromatic carbocycles. The minimum Gasteiger partial charge on any atom is -0.390 e. The summed E-state index contributed by atoms with van der Waals surface area (Å²) in [7, 11) is 1.59. The highest BCUT2D eigenvalue weighted by Gasteiger charge is 2.15. The Hall–Kier alpha value is -0.120. The van der Waals surface area contributed by atoms with Crippen LogP contribution >= 0.6 is 0 Å². The molecule has 68 valence electrons. The van der Waals surface area contributed by atoms with Crippen molar-refractivity contribution in [3.05, 3.63) is 0 Å². The first-order valence-electron chi connectivity index (χ1n) is 4.13. The molecule has 3 nitrogen and oxygen atoms in total. The molecule has 0 aliphatic rings. The van der Waals surface area contributed by atoms with Crippen LogP contribution in [0.3, 0.4) is 0 Å². The van der Waals surface area contributed by atoms with Crippen molar-refractivity contribution in [2.75, 3.05) is 20.3 Å². The number of hydrogen-bond acceptors (Lipinski definition) is 3. The molecule has 0 aromatic heterocycles. The predicted octanol–water partition coefficient (Wildman–Crippen LogP) is 0.369. The summed E-state index contributed by atoms with van der Waals surface area (Å²) in [6.07, 6.45) is 1.63. The lowest BCUT2D eigenvalue weighted by Crippen LogP contribution is -2.31. The highest BCUT2D eigenvalue weighted by molar-refractivity contribution is 4.68. The normalized spacial score (nSPS) is 16.4. The van der Waals surface area contributed by atoms with Crippen LogP contribution in [0.2, 0.25) is 0 Å². The van der Waals surface area contributed by atoms with E-state index in [-0.39, 0.29) is 5.92 Å². The van der Waals surface area contributed by atoms with Gasteiger partial charge in [-0.3, -0.25) is 0 Å². The van der Waals surface area contributed by atoms with Gasteiger partial charge in [0.15, 0.2) is 0 Å². The molecule has 0 aliphatic carbocycles. The van der Waals surface area contributed by atoms with Gasteiger partial charge in [-0.25, -0.2) is 0 Å². The smallest absolute Gasteiger partial charge is 0.0813 e. The molecule has 11 heavy (non-hydrogen) atoms. The van der Waals surface area contributed by atoms with E-state index < -0.39 is 6.10 Å². The van der Waals surface area contributed by atoms with Crippen molar-refractivity contribution in [3.63, 3.8) is 0 Å². The molecule has 0 aliphatic heterocycles. The molecule has 0 bridgehead atoms. The van der Waals surface area contributed by atoms with Gasteiger partial charge in [0.2, 0.25) is 0 Å². The molecule has 0 aromatic rings. The lowest BCUT2D eigenvalue weighted by atomic mass is 9.98. The molecule has 0 spiro atoms. The largest absolute Gasteiger partial charge is 0.390 e. The minimum absolute atomic E-state index is 0.194. The molecule has 0 fully saturated rings. The van der Waals surface area contributed by atoms with Crippen LogP contribution in [-0.2, 0) is 4.74 Å². The lowest BCUT2D eigenvalue weighted by Gasteiger charge is -2.19. The van der Waals surface area contributed by atoms with Gasteiger partial charge in [0, 0.05) is 7.11 Å². The molecule has 3 N–H and O–H groups in total. The highest BCUT2D eigenvalue weighted by atomic mass is 16.5. The Labute approximate surface area is 68.5 Å². The number of hydrogen-bond donors (Lipinski definition) is 2. The minimum atomic E-state index is -0.398. The van der Waals surface area contributed by atoms with Gasteiger partial charge in [-0.1, -0.05) is 13.3 Å². The number of rotatable bonds is 6. The fourth-order valence-corrected chi connectivity index (χ4v) is 1.14. The summed E-state index contributed by atoms with van der Waals surface area (Å²) in [5, 5.41) is 9.44. The maximum absolute atomic E-state index is 9.44. The predicted molar refractivity (Wildman–Crippen MR) is 45.3 cm³/mol. The molecule has 0 radical (unpaired) electrons. The van der Waals surface area contributed by atoms with Crippen molar-refractivity contribution >= 4 is 0 Å². The Balaban J connectivity index is 3.61. The van der Waals surface area contributed by atoms with Crippen molar-refractivity contribution in [2.24, 2.45) is 11.7 Å². The van der Waals surface area contributed by atoms with Gasteiger partial charge in [0.1, 0.15) is 0 Å². The molecule has 0 rings (SSSR count). The second-order valence-electron chi connectivity index (χ2n) is 2.81. The number of ether oxygens (including phenoxy) is 1. The van der Waals surface area contributed by atoms with Gasteiger partial charge >= 0.3 is 0 Å². The molecule has 3 heteroatoms. The fourth-order valence-electron chi connectivity index (χ4n) is 1.14. The zero-order valence-corrected chi connectivity index (χ0v) is 7.42. The molecule has 2 unspecified atom stereocenters. The SMILES string of the molecule is CCCC(CN)C(O)COC. The molecule has 0 amide bonds. The lowest BCUT2D eigenvalue weighted by molar-refractivity contribution is 0.0249. The molecule has 2 atom stereocenters. The average molecular weight is 161 g/mol. The van der Waals surface area contributed by atoms with Gasteiger partial charge in [-0.05, 0) is 18.9 Å². The van der Waals surface area contributed by atoms with E-state index in [2.05, 4.69) is 6.92 Å². The Bertz CT molecular complexity index is 88.2. The van der Waals surface area contributed by atoms with Crippen LogP contribution in [0.15, 0.2) is 0 Å². The zero-order chi connectivity index (χ0) is 8.69. The third-order valence-corrected chi connectivity index (χ3v) is 1.84. The molecule has 0 saturated carbocycles. The molecular formula is C8H19NO2. The Morgan fingerprint density at radius 3 is 2.55 bits per heavy atom. The van der Waals surface area contributed by atoms with Crippen LogP contribution in [0.4, 0.5) is 0 Å². The van der Waals surface area contributed by atoms with Crippen LogP contribution in [0.5, 0.6) is 0 Å².